The maximum absolute atomic E-state index is 6.36. The van der Waals surface area contributed by atoms with Gasteiger partial charge in [-0.25, -0.2) is 0 Å². The molecule has 16 heavy (non-hydrogen) atoms. The number of ether oxygens (including phenoxy) is 2. The lowest BCUT2D eigenvalue weighted by molar-refractivity contribution is 0.393. The smallest absolute Gasteiger partial charge is 0.133 e. The van der Waals surface area contributed by atoms with Gasteiger partial charge in [0.15, 0.2) is 0 Å². The second kappa shape index (κ2) is 5.78. The summed E-state index contributed by atoms with van der Waals surface area (Å²) < 4.78 is 11.4. The van der Waals surface area contributed by atoms with Crippen molar-refractivity contribution in [3.8, 4) is 11.5 Å². The van der Waals surface area contributed by atoms with Crippen LogP contribution in [0, 0.1) is 5.92 Å². The van der Waals surface area contributed by atoms with E-state index < -0.39 is 0 Å². The molecule has 90 valence electrons. The van der Waals surface area contributed by atoms with Gasteiger partial charge in [-0.15, -0.1) is 11.6 Å². The van der Waals surface area contributed by atoms with E-state index in [1.165, 1.54) is 0 Å². The molecule has 0 bridgehead atoms. The van der Waals surface area contributed by atoms with E-state index in [2.05, 4.69) is 29.8 Å². The van der Waals surface area contributed by atoms with Gasteiger partial charge in [0.25, 0.3) is 0 Å². The van der Waals surface area contributed by atoms with Crippen LogP contribution in [0.2, 0.25) is 0 Å². The molecule has 0 aliphatic rings. The SMILES string of the molecule is COc1cc(C(Cl)C(C)C)c(OC)cc1Br. The van der Waals surface area contributed by atoms with Crippen LogP contribution in [0.3, 0.4) is 0 Å². The van der Waals surface area contributed by atoms with Crippen LogP contribution in [0.4, 0.5) is 0 Å². The van der Waals surface area contributed by atoms with Gasteiger partial charge in [0, 0.05) is 5.56 Å². The van der Waals surface area contributed by atoms with Crippen LogP contribution >= 0.6 is 27.5 Å². The summed E-state index contributed by atoms with van der Waals surface area (Å²) in [6.07, 6.45) is 0. The molecule has 1 atom stereocenters. The van der Waals surface area contributed by atoms with E-state index >= 15 is 0 Å². The number of hydrogen-bond acceptors (Lipinski definition) is 2. The summed E-state index contributed by atoms with van der Waals surface area (Å²) in [5.74, 6) is 1.88. The number of hydrogen-bond donors (Lipinski definition) is 0. The molecule has 0 saturated carbocycles. The van der Waals surface area contributed by atoms with Crippen LogP contribution in [0.5, 0.6) is 11.5 Å². The number of alkyl halides is 1. The van der Waals surface area contributed by atoms with Gasteiger partial charge < -0.3 is 9.47 Å². The Hall–Kier alpha value is -0.410. The summed E-state index contributed by atoms with van der Waals surface area (Å²) in [5, 5.41) is -0.0862. The van der Waals surface area contributed by atoms with Crippen LogP contribution < -0.4 is 9.47 Å². The van der Waals surface area contributed by atoms with Gasteiger partial charge in [-0.2, -0.15) is 0 Å². The average Bonchev–Trinajstić information content (AvgIpc) is 2.27. The van der Waals surface area contributed by atoms with Gasteiger partial charge in [0.2, 0.25) is 0 Å². The Balaban J connectivity index is 3.24. The standard InChI is InChI=1S/C12H16BrClO2/c1-7(2)12(14)8-5-11(16-4)9(13)6-10(8)15-3/h5-7,12H,1-4H3. The summed E-state index contributed by atoms with van der Waals surface area (Å²) in [7, 11) is 3.27. The van der Waals surface area contributed by atoms with Crippen molar-refractivity contribution in [1.82, 2.24) is 0 Å². The first kappa shape index (κ1) is 13.7. The zero-order valence-electron chi connectivity index (χ0n) is 9.88. The zero-order chi connectivity index (χ0) is 12.3. The molecule has 0 amide bonds. The molecule has 1 unspecified atom stereocenters. The number of halogens is 2. The lowest BCUT2D eigenvalue weighted by Gasteiger charge is -2.18. The first-order valence-corrected chi connectivity index (χ1v) is 6.29. The van der Waals surface area contributed by atoms with E-state index in [9.17, 15) is 0 Å². The topological polar surface area (TPSA) is 18.5 Å². The molecule has 4 heteroatoms. The van der Waals surface area contributed by atoms with Crippen LogP contribution in [0.25, 0.3) is 0 Å². The molecule has 0 aromatic heterocycles. The average molecular weight is 308 g/mol. The molecule has 0 saturated heterocycles. The molecule has 0 aliphatic carbocycles. The highest BCUT2D eigenvalue weighted by molar-refractivity contribution is 9.10. The number of methoxy groups -OCH3 is 2. The first-order valence-electron chi connectivity index (χ1n) is 5.06. The quantitative estimate of drug-likeness (QED) is 0.768. The second-order valence-electron chi connectivity index (χ2n) is 3.87. The molecule has 1 aromatic rings. The van der Waals surface area contributed by atoms with Crippen LogP contribution in [0.1, 0.15) is 24.8 Å². The molecule has 0 spiro atoms. The Morgan fingerprint density at radius 1 is 1.12 bits per heavy atom. The molecule has 1 aromatic carbocycles. The van der Waals surface area contributed by atoms with E-state index in [-0.39, 0.29) is 5.38 Å². The lowest BCUT2D eigenvalue weighted by atomic mass is 10.0. The Morgan fingerprint density at radius 3 is 2.12 bits per heavy atom. The minimum atomic E-state index is -0.0862. The van der Waals surface area contributed by atoms with Crippen molar-refractivity contribution >= 4 is 27.5 Å². The molecule has 0 aliphatic heterocycles. The molecule has 0 heterocycles. The fourth-order valence-corrected chi connectivity index (χ4v) is 2.11. The summed E-state index contributed by atoms with van der Waals surface area (Å²) >= 11 is 9.78. The van der Waals surface area contributed by atoms with Gasteiger partial charge in [0.1, 0.15) is 11.5 Å². The van der Waals surface area contributed by atoms with E-state index in [1.54, 1.807) is 14.2 Å². The second-order valence-corrected chi connectivity index (χ2v) is 5.20. The van der Waals surface area contributed by atoms with E-state index in [4.69, 9.17) is 21.1 Å². The minimum Gasteiger partial charge on any atom is -0.496 e. The van der Waals surface area contributed by atoms with Crippen molar-refractivity contribution in [2.75, 3.05) is 14.2 Å². The molecule has 1 rings (SSSR count). The molecular formula is C12H16BrClO2. The van der Waals surface area contributed by atoms with Gasteiger partial charge in [0.05, 0.1) is 24.1 Å². The minimum absolute atomic E-state index is 0.0862. The predicted octanol–water partition coefficient (Wildman–Crippen LogP) is 4.40. The number of rotatable bonds is 4. The third-order valence-corrected chi connectivity index (χ3v) is 3.75. The fraction of sp³-hybridized carbons (Fsp3) is 0.500. The van der Waals surface area contributed by atoms with Crippen LogP contribution in [-0.2, 0) is 0 Å². The van der Waals surface area contributed by atoms with E-state index in [1.807, 2.05) is 12.1 Å². The van der Waals surface area contributed by atoms with Crippen molar-refractivity contribution in [1.29, 1.82) is 0 Å². The molecule has 0 fully saturated rings. The summed E-state index contributed by atoms with van der Waals surface area (Å²) in [4.78, 5) is 0. The highest BCUT2D eigenvalue weighted by Crippen LogP contribution is 2.40. The van der Waals surface area contributed by atoms with Gasteiger partial charge in [-0.1, -0.05) is 13.8 Å². The van der Waals surface area contributed by atoms with Crippen LogP contribution in [0.15, 0.2) is 16.6 Å². The first-order chi connectivity index (χ1) is 7.51. The highest BCUT2D eigenvalue weighted by Gasteiger charge is 2.19. The van der Waals surface area contributed by atoms with Crippen molar-refractivity contribution < 1.29 is 9.47 Å². The Morgan fingerprint density at radius 2 is 1.69 bits per heavy atom. The maximum Gasteiger partial charge on any atom is 0.133 e. The van der Waals surface area contributed by atoms with Crippen LogP contribution in [-0.4, -0.2) is 14.2 Å². The molecule has 0 radical (unpaired) electrons. The largest absolute Gasteiger partial charge is 0.496 e. The fourth-order valence-electron chi connectivity index (χ4n) is 1.46. The molecule has 0 N–H and O–H groups in total. The number of benzene rings is 1. The van der Waals surface area contributed by atoms with Crippen molar-refractivity contribution in [3.63, 3.8) is 0 Å². The van der Waals surface area contributed by atoms with Crippen molar-refractivity contribution in [2.45, 2.75) is 19.2 Å². The normalized spacial score (nSPS) is 12.7. The molecule has 2 nitrogen and oxygen atoms in total. The predicted molar refractivity (Wildman–Crippen MR) is 70.7 cm³/mol. The highest BCUT2D eigenvalue weighted by atomic mass is 79.9. The third-order valence-electron chi connectivity index (χ3n) is 2.39. The maximum atomic E-state index is 6.36. The third kappa shape index (κ3) is 2.83. The van der Waals surface area contributed by atoms with Gasteiger partial charge in [-0.05, 0) is 34.0 Å². The zero-order valence-corrected chi connectivity index (χ0v) is 12.2. The monoisotopic (exact) mass is 306 g/mol. The Kier molecular flexibility index (Phi) is 4.93. The van der Waals surface area contributed by atoms with E-state index in [0.29, 0.717) is 5.92 Å². The summed E-state index contributed by atoms with van der Waals surface area (Å²) in [5.41, 5.74) is 0.958. The molecular weight excluding hydrogens is 291 g/mol. The lowest BCUT2D eigenvalue weighted by Crippen LogP contribution is -2.03. The summed E-state index contributed by atoms with van der Waals surface area (Å²) in [6.45, 7) is 4.15. The Bertz CT molecular complexity index is 366. The van der Waals surface area contributed by atoms with Crippen molar-refractivity contribution in [3.05, 3.63) is 22.2 Å². The van der Waals surface area contributed by atoms with Gasteiger partial charge in [-0.3, -0.25) is 0 Å². The Labute approximate surface area is 110 Å². The summed E-state index contributed by atoms with van der Waals surface area (Å²) in [6, 6.07) is 3.80. The van der Waals surface area contributed by atoms with Crippen molar-refractivity contribution in [2.24, 2.45) is 5.92 Å². The van der Waals surface area contributed by atoms with Gasteiger partial charge >= 0.3 is 0 Å². The van der Waals surface area contributed by atoms with E-state index in [0.717, 1.165) is 21.5 Å².